The Kier molecular flexibility index (Phi) is 7.27. The van der Waals surface area contributed by atoms with Crippen LogP contribution in [0.15, 0.2) is 15.7 Å². The summed E-state index contributed by atoms with van der Waals surface area (Å²) in [6, 6.07) is 1.71. The van der Waals surface area contributed by atoms with Gasteiger partial charge in [-0.05, 0) is 25.3 Å². The number of pyridine rings is 1. The summed E-state index contributed by atoms with van der Waals surface area (Å²) in [5.74, 6) is 0. The van der Waals surface area contributed by atoms with Crippen molar-refractivity contribution >= 4 is 28.2 Å². The van der Waals surface area contributed by atoms with Gasteiger partial charge < -0.3 is 23.7 Å². The highest BCUT2D eigenvalue weighted by Crippen LogP contribution is 2.23. The van der Waals surface area contributed by atoms with Crippen molar-refractivity contribution in [3.05, 3.63) is 31.9 Å². The zero-order chi connectivity index (χ0) is 21.8. The highest BCUT2D eigenvalue weighted by atomic mass is 35.5. The van der Waals surface area contributed by atoms with E-state index in [9.17, 15) is 9.59 Å². The smallest absolute Gasteiger partial charge is 0.291 e. The maximum atomic E-state index is 13.4. The molecule has 9 nitrogen and oxygen atoms in total. The van der Waals surface area contributed by atoms with Crippen molar-refractivity contribution < 1.29 is 14.2 Å². The predicted octanol–water partition coefficient (Wildman–Crippen LogP) is 1.91. The summed E-state index contributed by atoms with van der Waals surface area (Å²) < 4.78 is 19.1. The molecule has 2 aliphatic heterocycles. The molecule has 0 unspecified atom stereocenters. The van der Waals surface area contributed by atoms with Crippen molar-refractivity contribution in [1.29, 1.82) is 0 Å². The minimum atomic E-state index is -0.319. The van der Waals surface area contributed by atoms with Crippen LogP contribution in [0.5, 0.6) is 0 Å². The summed E-state index contributed by atoms with van der Waals surface area (Å²) in [5.41, 5.74) is 0.377. The largest absolute Gasteiger partial charge is 0.378 e. The number of hydrogen-bond donors (Lipinski definition) is 0. The number of hydrogen-bond acceptors (Lipinski definition) is 7. The summed E-state index contributed by atoms with van der Waals surface area (Å²) in [7, 11) is 1.55. The van der Waals surface area contributed by atoms with Crippen molar-refractivity contribution in [3.63, 3.8) is 0 Å². The molecule has 2 saturated heterocycles. The Hall–Kier alpha value is -1.94. The second-order valence-corrected chi connectivity index (χ2v) is 8.30. The van der Waals surface area contributed by atoms with Gasteiger partial charge in [-0.25, -0.2) is 4.68 Å². The van der Waals surface area contributed by atoms with Gasteiger partial charge in [0.2, 0.25) is 0 Å². The van der Waals surface area contributed by atoms with Crippen LogP contribution in [-0.2, 0) is 27.8 Å². The number of rotatable bonds is 8. The van der Waals surface area contributed by atoms with Crippen molar-refractivity contribution in [2.75, 3.05) is 44.4 Å². The molecular weight excluding hydrogens is 424 g/mol. The van der Waals surface area contributed by atoms with E-state index in [0.717, 1.165) is 32.1 Å². The van der Waals surface area contributed by atoms with E-state index in [-0.39, 0.29) is 22.6 Å². The minimum Gasteiger partial charge on any atom is -0.378 e. The lowest BCUT2D eigenvalue weighted by atomic mass is 10.1. The van der Waals surface area contributed by atoms with Gasteiger partial charge in [0.1, 0.15) is 11.2 Å². The molecule has 0 aliphatic carbocycles. The molecular formula is C21H29ClN4O5. The first kappa shape index (κ1) is 22.3. The average Bonchev–Trinajstić information content (AvgIpc) is 3.29. The predicted molar refractivity (Wildman–Crippen MR) is 118 cm³/mol. The molecule has 4 heterocycles. The molecule has 0 radical (unpaired) electrons. The number of halogens is 1. The maximum Gasteiger partial charge on any atom is 0.291 e. The quantitative estimate of drug-likeness (QED) is 0.565. The molecule has 0 spiro atoms. The molecule has 0 saturated carbocycles. The van der Waals surface area contributed by atoms with Gasteiger partial charge in [0.15, 0.2) is 11.4 Å². The number of nitrogens with zero attached hydrogens (tertiary/aromatic N) is 4. The Morgan fingerprint density at radius 3 is 2.48 bits per heavy atom. The number of fused-ring (bicyclic) bond motifs is 1. The minimum absolute atomic E-state index is 0.0746. The number of anilines is 1. The molecule has 4 rings (SSSR count). The summed E-state index contributed by atoms with van der Waals surface area (Å²) >= 11 is 6.38. The summed E-state index contributed by atoms with van der Waals surface area (Å²) in [4.78, 5) is 28.2. The van der Waals surface area contributed by atoms with Crippen molar-refractivity contribution in [2.24, 2.45) is 7.05 Å². The van der Waals surface area contributed by atoms with Crippen LogP contribution < -0.4 is 16.0 Å². The van der Waals surface area contributed by atoms with E-state index in [1.54, 1.807) is 17.7 Å². The molecule has 170 valence electrons. The zero-order valence-corrected chi connectivity index (χ0v) is 18.6. The van der Waals surface area contributed by atoms with Gasteiger partial charge in [-0.15, -0.1) is 0 Å². The molecule has 0 atom stereocenters. The van der Waals surface area contributed by atoms with Crippen LogP contribution >= 0.6 is 11.6 Å². The van der Waals surface area contributed by atoms with E-state index in [4.69, 9.17) is 25.8 Å². The first-order valence-corrected chi connectivity index (χ1v) is 11.3. The van der Waals surface area contributed by atoms with Gasteiger partial charge in [0.25, 0.3) is 11.1 Å². The number of aryl methyl sites for hydroxylation is 2. The standard InChI is InChI=1S/C21H29ClN4O5/c1-24-21(28)18-15(19(22)23-24)14-16(25-8-10-29-11-9-25)20(27)26(18)7-5-3-2-4-6-17-30-12-13-31-17/h14,17H,2-13H2,1H3. The van der Waals surface area contributed by atoms with Crippen LogP contribution in [0.1, 0.15) is 32.1 Å². The third kappa shape index (κ3) is 4.95. The van der Waals surface area contributed by atoms with Gasteiger partial charge in [-0.2, -0.15) is 5.10 Å². The van der Waals surface area contributed by atoms with Crippen molar-refractivity contribution in [3.8, 4) is 0 Å². The Balaban J connectivity index is 1.55. The number of aromatic nitrogens is 3. The molecule has 2 aromatic rings. The third-order valence-corrected chi connectivity index (χ3v) is 6.12. The summed E-state index contributed by atoms with van der Waals surface area (Å²) in [5, 5.41) is 4.84. The van der Waals surface area contributed by atoms with Crippen LogP contribution in [0.2, 0.25) is 5.15 Å². The highest BCUT2D eigenvalue weighted by molar-refractivity contribution is 6.34. The van der Waals surface area contributed by atoms with E-state index < -0.39 is 0 Å². The van der Waals surface area contributed by atoms with Crippen LogP contribution in [0, 0.1) is 0 Å². The van der Waals surface area contributed by atoms with E-state index in [1.165, 1.54) is 4.68 Å². The SMILES string of the molecule is Cn1nc(Cl)c2cc(N3CCOCC3)c(=O)n(CCCCCCC3OCCO3)c2c1=O. The fourth-order valence-electron chi connectivity index (χ4n) is 4.18. The third-order valence-electron chi connectivity index (χ3n) is 5.84. The second-order valence-electron chi connectivity index (χ2n) is 7.94. The van der Waals surface area contributed by atoms with Crippen LogP contribution in [0.3, 0.4) is 0 Å². The zero-order valence-electron chi connectivity index (χ0n) is 17.8. The van der Waals surface area contributed by atoms with Crippen LogP contribution in [0.4, 0.5) is 5.69 Å². The summed E-state index contributed by atoms with van der Waals surface area (Å²) in [6.07, 6.45) is 4.57. The van der Waals surface area contributed by atoms with Crippen molar-refractivity contribution in [1.82, 2.24) is 14.3 Å². The monoisotopic (exact) mass is 452 g/mol. The van der Waals surface area contributed by atoms with Gasteiger partial charge in [0, 0.05) is 32.1 Å². The number of unbranched alkanes of at least 4 members (excludes halogenated alkanes) is 3. The topological polar surface area (TPSA) is 87.8 Å². The molecule has 31 heavy (non-hydrogen) atoms. The second kappa shape index (κ2) is 10.1. The van der Waals surface area contributed by atoms with E-state index in [1.807, 2.05) is 4.90 Å². The Morgan fingerprint density at radius 2 is 1.74 bits per heavy atom. The lowest BCUT2D eigenvalue weighted by Gasteiger charge is -2.29. The average molecular weight is 453 g/mol. The van der Waals surface area contributed by atoms with E-state index in [0.29, 0.717) is 62.7 Å². The Labute approximate surface area is 185 Å². The van der Waals surface area contributed by atoms with Gasteiger partial charge >= 0.3 is 0 Å². The Bertz CT molecular complexity index is 1030. The van der Waals surface area contributed by atoms with Crippen LogP contribution in [0.25, 0.3) is 10.9 Å². The fourth-order valence-corrected chi connectivity index (χ4v) is 4.43. The van der Waals surface area contributed by atoms with E-state index >= 15 is 0 Å². The Morgan fingerprint density at radius 1 is 1.03 bits per heavy atom. The van der Waals surface area contributed by atoms with Crippen LogP contribution in [-0.4, -0.2) is 60.2 Å². The molecule has 0 amide bonds. The normalized spacial score (nSPS) is 17.7. The molecule has 0 aromatic carbocycles. The molecule has 10 heteroatoms. The number of morpholine rings is 1. The van der Waals surface area contributed by atoms with Gasteiger partial charge in [-0.3, -0.25) is 9.59 Å². The molecule has 0 bridgehead atoms. The first-order valence-electron chi connectivity index (χ1n) is 10.9. The van der Waals surface area contributed by atoms with Gasteiger partial charge in [0.05, 0.1) is 26.4 Å². The first-order chi connectivity index (χ1) is 15.1. The molecule has 2 aliphatic rings. The highest BCUT2D eigenvalue weighted by Gasteiger charge is 2.21. The molecule has 2 fully saturated rings. The molecule has 0 N–H and O–H groups in total. The lowest BCUT2D eigenvalue weighted by molar-refractivity contribution is -0.0480. The number of ether oxygens (including phenoxy) is 3. The summed E-state index contributed by atoms with van der Waals surface area (Å²) in [6.45, 7) is 4.19. The van der Waals surface area contributed by atoms with Gasteiger partial charge in [-0.1, -0.05) is 24.4 Å². The fraction of sp³-hybridized carbons (Fsp3) is 0.667. The lowest BCUT2D eigenvalue weighted by Crippen LogP contribution is -2.41. The van der Waals surface area contributed by atoms with Crippen molar-refractivity contribution in [2.45, 2.75) is 44.9 Å². The van der Waals surface area contributed by atoms with E-state index in [2.05, 4.69) is 5.10 Å². The maximum absolute atomic E-state index is 13.4. The molecule has 2 aromatic heterocycles.